The van der Waals surface area contributed by atoms with Gasteiger partial charge in [0, 0.05) is 42.4 Å². The second kappa shape index (κ2) is 8.74. The van der Waals surface area contributed by atoms with Gasteiger partial charge < -0.3 is 19.7 Å². The molecule has 2 aliphatic heterocycles. The molecule has 0 amide bonds. The number of fused-ring (bicyclic) bond motifs is 3. The maximum Gasteiger partial charge on any atom is 0.233 e. The van der Waals surface area contributed by atoms with Crippen molar-refractivity contribution in [2.24, 2.45) is 0 Å². The van der Waals surface area contributed by atoms with Gasteiger partial charge in [-0.2, -0.15) is 10.1 Å². The minimum Gasteiger partial charge on any atom is -0.480 e. The molecule has 5 rings (SSSR count). The summed E-state index contributed by atoms with van der Waals surface area (Å²) in [5.41, 5.74) is 5.38. The molecule has 7 nitrogen and oxygen atoms in total. The molecule has 0 bridgehead atoms. The number of nitrogens with one attached hydrogen (secondary N) is 1. The number of pyridine rings is 1. The average molecular weight is 432 g/mol. The summed E-state index contributed by atoms with van der Waals surface area (Å²) in [6.45, 7) is 6.95. The fourth-order valence-electron chi connectivity index (χ4n) is 4.57. The summed E-state index contributed by atoms with van der Waals surface area (Å²) in [7, 11) is 1.59. The highest BCUT2D eigenvalue weighted by atomic mass is 16.5. The third-order valence-corrected chi connectivity index (χ3v) is 6.17. The zero-order chi connectivity index (χ0) is 22.1. The van der Waals surface area contributed by atoms with Crippen molar-refractivity contribution in [2.75, 3.05) is 25.1 Å². The number of anilines is 1. The molecule has 0 unspecified atom stereocenters. The molecule has 1 saturated heterocycles. The van der Waals surface area contributed by atoms with E-state index in [1.807, 2.05) is 6.07 Å². The average Bonchev–Trinajstić information content (AvgIpc) is 2.83. The van der Waals surface area contributed by atoms with E-state index in [9.17, 15) is 0 Å². The predicted molar refractivity (Wildman–Crippen MR) is 125 cm³/mol. The molecule has 1 fully saturated rings. The van der Waals surface area contributed by atoms with E-state index in [1.165, 1.54) is 5.56 Å². The van der Waals surface area contributed by atoms with E-state index >= 15 is 0 Å². The normalized spacial score (nSPS) is 15.8. The van der Waals surface area contributed by atoms with Crippen LogP contribution in [0.4, 0.5) is 5.82 Å². The minimum atomic E-state index is 0.502. The summed E-state index contributed by atoms with van der Waals surface area (Å²) in [5, 5.41) is 11.6. The molecule has 2 aliphatic rings. The Balaban J connectivity index is 1.36. The summed E-state index contributed by atoms with van der Waals surface area (Å²) in [5.74, 6) is 2.22. The van der Waals surface area contributed by atoms with Crippen LogP contribution >= 0.6 is 0 Å². The second-order valence-electron chi connectivity index (χ2n) is 8.75. The van der Waals surface area contributed by atoms with E-state index in [4.69, 9.17) is 14.5 Å². The van der Waals surface area contributed by atoms with Gasteiger partial charge in [-0.05, 0) is 47.7 Å². The minimum absolute atomic E-state index is 0.502. The zero-order valence-corrected chi connectivity index (χ0v) is 18.8. The van der Waals surface area contributed by atoms with E-state index < -0.39 is 0 Å². The first-order chi connectivity index (χ1) is 15.6. The fourth-order valence-corrected chi connectivity index (χ4v) is 4.57. The lowest BCUT2D eigenvalue weighted by Crippen LogP contribution is -2.45. The largest absolute Gasteiger partial charge is 0.480 e. The Morgan fingerprint density at radius 2 is 1.88 bits per heavy atom. The van der Waals surface area contributed by atoms with Gasteiger partial charge in [-0.1, -0.05) is 26.0 Å². The Kier molecular flexibility index (Phi) is 5.66. The number of methoxy groups -OCH3 is 1. The molecule has 1 N–H and O–H groups in total. The van der Waals surface area contributed by atoms with Crippen LogP contribution in [0.25, 0.3) is 22.3 Å². The van der Waals surface area contributed by atoms with Crippen molar-refractivity contribution in [2.45, 2.75) is 45.4 Å². The number of hydrogen-bond donors (Lipinski definition) is 1. The lowest BCUT2D eigenvalue weighted by atomic mass is 9.95. The van der Waals surface area contributed by atoms with Crippen LogP contribution in [0.3, 0.4) is 0 Å². The quantitative estimate of drug-likeness (QED) is 0.653. The van der Waals surface area contributed by atoms with Crippen molar-refractivity contribution < 1.29 is 9.47 Å². The van der Waals surface area contributed by atoms with Crippen molar-refractivity contribution in [1.29, 1.82) is 0 Å². The number of nitrogens with zero attached hydrogens (tertiary/aromatic N) is 4. The van der Waals surface area contributed by atoms with Gasteiger partial charge in [-0.3, -0.25) is 0 Å². The molecule has 166 valence electrons. The first-order valence-corrected chi connectivity index (χ1v) is 11.3. The topological polar surface area (TPSA) is 72.4 Å². The Morgan fingerprint density at radius 3 is 2.66 bits per heavy atom. The van der Waals surface area contributed by atoms with Crippen molar-refractivity contribution in [3.63, 3.8) is 0 Å². The van der Waals surface area contributed by atoms with Crippen LogP contribution < -0.4 is 19.7 Å². The molecule has 7 heteroatoms. The molecule has 32 heavy (non-hydrogen) atoms. The highest BCUT2D eigenvalue weighted by Crippen LogP contribution is 2.39. The maximum absolute atomic E-state index is 6.09. The summed E-state index contributed by atoms with van der Waals surface area (Å²) in [6.07, 6.45) is 4.02. The van der Waals surface area contributed by atoms with Gasteiger partial charge in [0.15, 0.2) is 0 Å². The number of hydrogen-bond acceptors (Lipinski definition) is 7. The number of benzene rings is 1. The summed E-state index contributed by atoms with van der Waals surface area (Å²) >= 11 is 0. The molecule has 2 aromatic heterocycles. The van der Waals surface area contributed by atoms with Crippen molar-refractivity contribution in [3.8, 4) is 34.0 Å². The number of piperidine rings is 1. The molecular formula is C25H29N5O2. The Morgan fingerprint density at radius 1 is 1.06 bits per heavy atom. The van der Waals surface area contributed by atoms with Gasteiger partial charge in [-0.25, -0.2) is 0 Å². The van der Waals surface area contributed by atoms with E-state index in [2.05, 4.69) is 64.6 Å². The molecule has 0 spiro atoms. The Labute approximate surface area is 188 Å². The Hall–Kier alpha value is -3.19. The molecule has 0 saturated carbocycles. The van der Waals surface area contributed by atoms with Crippen LogP contribution in [0.5, 0.6) is 11.8 Å². The maximum atomic E-state index is 6.09. The van der Waals surface area contributed by atoms with E-state index in [-0.39, 0.29) is 0 Å². The fraction of sp³-hybridized carbons (Fsp3) is 0.400. The number of ether oxygens (including phenoxy) is 2. The number of rotatable bonds is 5. The highest BCUT2D eigenvalue weighted by Gasteiger charge is 2.24. The van der Waals surface area contributed by atoms with E-state index in [0.717, 1.165) is 59.9 Å². The van der Waals surface area contributed by atoms with Crippen LogP contribution in [0.15, 0.2) is 42.6 Å². The lowest BCUT2D eigenvalue weighted by molar-refractivity contribution is 0.290. The van der Waals surface area contributed by atoms with Crippen molar-refractivity contribution in [1.82, 2.24) is 20.5 Å². The monoisotopic (exact) mass is 431 g/mol. The third kappa shape index (κ3) is 4.12. The zero-order valence-electron chi connectivity index (χ0n) is 18.8. The molecule has 4 heterocycles. The summed E-state index contributed by atoms with van der Waals surface area (Å²) < 4.78 is 11.3. The second-order valence-corrected chi connectivity index (χ2v) is 8.75. The molecule has 3 aromatic rings. The number of aromatic nitrogens is 3. The SMILES string of the molecule is COc1cc(-c2ccc3c(c2)COc2nc(N4CCC(NC(C)C)CC4)ccc2-3)cnn1. The van der Waals surface area contributed by atoms with Gasteiger partial charge >= 0.3 is 0 Å². The summed E-state index contributed by atoms with van der Waals surface area (Å²) in [4.78, 5) is 7.24. The van der Waals surface area contributed by atoms with Gasteiger partial charge in [0.05, 0.1) is 13.3 Å². The van der Waals surface area contributed by atoms with Gasteiger partial charge in [0.2, 0.25) is 11.8 Å². The van der Waals surface area contributed by atoms with Crippen molar-refractivity contribution >= 4 is 5.82 Å². The van der Waals surface area contributed by atoms with Crippen LogP contribution in [-0.4, -0.2) is 47.5 Å². The van der Waals surface area contributed by atoms with Gasteiger partial charge in [0.1, 0.15) is 12.4 Å². The molecular weight excluding hydrogens is 402 g/mol. The molecule has 0 atom stereocenters. The molecule has 0 aliphatic carbocycles. The highest BCUT2D eigenvalue weighted by molar-refractivity contribution is 5.78. The van der Waals surface area contributed by atoms with Crippen LogP contribution in [0, 0.1) is 0 Å². The van der Waals surface area contributed by atoms with Crippen molar-refractivity contribution in [3.05, 3.63) is 48.2 Å². The smallest absolute Gasteiger partial charge is 0.233 e. The van der Waals surface area contributed by atoms with E-state index in [1.54, 1.807) is 13.3 Å². The van der Waals surface area contributed by atoms with E-state index in [0.29, 0.717) is 24.6 Å². The first-order valence-electron chi connectivity index (χ1n) is 11.3. The van der Waals surface area contributed by atoms with Crippen LogP contribution in [0.1, 0.15) is 32.3 Å². The lowest BCUT2D eigenvalue weighted by Gasteiger charge is -2.34. The summed E-state index contributed by atoms with van der Waals surface area (Å²) in [6, 6.07) is 13.7. The molecule has 1 aromatic carbocycles. The predicted octanol–water partition coefficient (Wildman–Crippen LogP) is 4.07. The molecule has 0 radical (unpaired) electrons. The Bertz CT molecular complexity index is 1110. The third-order valence-electron chi connectivity index (χ3n) is 6.17. The first kappa shape index (κ1) is 20.7. The van der Waals surface area contributed by atoms with Crippen LogP contribution in [-0.2, 0) is 6.61 Å². The van der Waals surface area contributed by atoms with Crippen LogP contribution in [0.2, 0.25) is 0 Å². The van der Waals surface area contributed by atoms with Gasteiger partial charge in [0.25, 0.3) is 0 Å². The standard InChI is InChI=1S/C25H29N5O2/c1-16(2)27-20-8-10-30(11-9-20)23-7-6-22-21-5-4-17(12-19(21)15-32-25(22)28-23)18-13-24(31-3)29-26-14-18/h4-7,12-14,16,20,27H,8-11,15H2,1-3H3. The van der Waals surface area contributed by atoms with Gasteiger partial charge in [-0.15, -0.1) is 5.10 Å².